The van der Waals surface area contributed by atoms with Crippen molar-refractivity contribution in [2.75, 3.05) is 14.2 Å². The van der Waals surface area contributed by atoms with Gasteiger partial charge in [-0.2, -0.15) is 4.98 Å². The minimum absolute atomic E-state index is 0.0920. The second-order valence-corrected chi connectivity index (χ2v) is 6.49. The van der Waals surface area contributed by atoms with E-state index in [0.717, 1.165) is 15.6 Å². The molecule has 28 heavy (non-hydrogen) atoms. The Morgan fingerprint density at radius 3 is 2.79 bits per heavy atom. The Labute approximate surface area is 170 Å². The molecule has 1 aromatic heterocycles. The first-order valence-corrected chi connectivity index (χ1v) is 9.03. The van der Waals surface area contributed by atoms with Crippen LogP contribution in [0.2, 0.25) is 0 Å². The summed E-state index contributed by atoms with van der Waals surface area (Å²) in [4.78, 5) is 15.5. The predicted molar refractivity (Wildman–Crippen MR) is 106 cm³/mol. The topological polar surface area (TPSA) is 83.7 Å². The summed E-state index contributed by atoms with van der Waals surface area (Å²) in [7, 11) is 2.86. The van der Waals surface area contributed by atoms with E-state index in [-0.39, 0.29) is 6.61 Å². The average Bonchev–Trinajstić information content (AvgIpc) is 3.19. The van der Waals surface area contributed by atoms with Crippen LogP contribution in [-0.4, -0.2) is 30.3 Å². The second kappa shape index (κ2) is 9.18. The number of aromatic nitrogens is 2. The Morgan fingerprint density at radius 1 is 1.18 bits per heavy atom. The van der Waals surface area contributed by atoms with Gasteiger partial charge in [-0.3, -0.25) is 0 Å². The van der Waals surface area contributed by atoms with Crippen LogP contribution in [0, 0.1) is 0 Å². The van der Waals surface area contributed by atoms with Gasteiger partial charge >= 0.3 is 5.97 Å². The molecule has 0 saturated heterocycles. The number of hydrogen-bond acceptors (Lipinski definition) is 7. The molecule has 0 radical (unpaired) electrons. The molecule has 0 N–H and O–H groups in total. The smallest absolute Gasteiger partial charge is 0.330 e. The molecule has 3 aromatic rings. The average molecular weight is 445 g/mol. The summed E-state index contributed by atoms with van der Waals surface area (Å²) in [6, 6.07) is 12.9. The number of esters is 1. The number of carbonyl (C=O) groups excluding carboxylic acids is 1. The molecule has 2 aromatic carbocycles. The van der Waals surface area contributed by atoms with E-state index in [1.807, 2.05) is 24.3 Å². The van der Waals surface area contributed by atoms with Crippen molar-refractivity contribution in [1.29, 1.82) is 0 Å². The Kier molecular flexibility index (Phi) is 6.44. The molecule has 0 unspecified atom stereocenters. The van der Waals surface area contributed by atoms with Crippen molar-refractivity contribution in [3.63, 3.8) is 0 Å². The summed E-state index contributed by atoms with van der Waals surface area (Å²) in [5, 5.41) is 3.97. The maximum Gasteiger partial charge on any atom is 0.330 e. The van der Waals surface area contributed by atoms with Crippen LogP contribution in [-0.2, 0) is 16.1 Å². The van der Waals surface area contributed by atoms with E-state index in [1.165, 1.54) is 20.3 Å². The fourth-order valence-corrected chi connectivity index (χ4v) is 2.74. The lowest BCUT2D eigenvalue weighted by atomic mass is 10.2. The largest absolute Gasteiger partial charge is 0.493 e. The number of methoxy groups -OCH3 is 2. The van der Waals surface area contributed by atoms with Gasteiger partial charge in [0.05, 0.1) is 14.2 Å². The normalized spacial score (nSPS) is 10.8. The maximum absolute atomic E-state index is 11.2. The van der Waals surface area contributed by atoms with E-state index in [2.05, 4.69) is 30.8 Å². The number of ether oxygens (including phenoxy) is 3. The lowest BCUT2D eigenvalue weighted by molar-refractivity contribution is -0.134. The molecule has 0 bridgehead atoms. The summed E-state index contributed by atoms with van der Waals surface area (Å²) in [6.07, 6.45) is 2.96. The number of nitrogens with zero attached hydrogens (tertiary/aromatic N) is 2. The van der Waals surface area contributed by atoms with Crippen molar-refractivity contribution in [3.8, 4) is 22.9 Å². The van der Waals surface area contributed by atoms with Gasteiger partial charge in [0.2, 0.25) is 5.82 Å². The first-order chi connectivity index (χ1) is 13.6. The molecule has 0 aliphatic rings. The van der Waals surface area contributed by atoms with Crippen LogP contribution in [0.3, 0.4) is 0 Å². The zero-order valence-electron chi connectivity index (χ0n) is 15.2. The highest BCUT2D eigenvalue weighted by Crippen LogP contribution is 2.29. The van der Waals surface area contributed by atoms with E-state index in [0.29, 0.717) is 23.2 Å². The first kappa shape index (κ1) is 19.6. The van der Waals surface area contributed by atoms with Crippen molar-refractivity contribution in [2.45, 2.75) is 6.61 Å². The van der Waals surface area contributed by atoms with Gasteiger partial charge in [0.25, 0.3) is 5.89 Å². The molecule has 0 amide bonds. The van der Waals surface area contributed by atoms with Crippen molar-refractivity contribution in [2.24, 2.45) is 0 Å². The first-order valence-electron chi connectivity index (χ1n) is 8.24. The van der Waals surface area contributed by atoms with Crippen molar-refractivity contribution >= 4 is 28.0 Å². The van der Waals surface area contributed by atoms with Gasteiger partial charge in [-0.1, -0.05) is 39.3 Å². The SMILES string of the molecule is COC(=O)/C=C/c1ccc(OCc2nc(-c3cccc(Br)c3)no2)c(OC)c1. The Morgan fingerprint density at radius 2 is 2.04 bits per heavy atom. The highest BCUT2D eigenvalue weighted by molar-refractivity contribution is 9.10. The van der Waals surface area contributed by atoms with Crippen molar-refractivity contribution in [3.05, 3.63) is 64.5 Å². The summed E-state index contributed by atoms with van der Waals surface area (Å²) < 4.78 is 21.8. The van der Waals surface area contributed by atoms with Crippen molar-refractivity contribution < 1.29 is 23.5 Å². The molecule has 0 aliphatic carbocycles. The van der Waals surface area contributed by atoms with Gasteiger partial charge < -0.3 is 18.7 Å². The van der Waals surface area contributed by atoms with E-state index in [9.17, 15) is 4.79 Å². The van der Waals surface area contributed by atoms with Crippen LogP contribution in [0.4, 0.5) is 0 Å². The zero-order chi connectivity index (χ0) is 19.9. The van der Waals surface area contributed by atoms with E-state index in [4.69, 9.17) is 14.0 Å². The summed E-state index contributed by atoms with van der Waals surface area (Å²) >= 11 is 3.42. The quantitative estimate of drug-likeness (QED) is 0.397. The number of halogens is 1. The molecule has 0 atom stereocenters. The molecule has 1 heterocycles. The molecule has 0 spiro atoms. The fourth-order valence-electron chi connectivity index (χ4n) is 2.34. The van der Waals surface area contributed by atoms with Crippen LogP contribution in [0.5, 0.6) is 11.5 Å². The molecule has 0 aliphatic heterocycles. The highest BCUT2D eigenvalue weighted by Gasteiger charge is 2.11. The van der Waals surface area contributed by atoms with E-state index < -0.39 is 5.97 Å². The van der Waals surface area contributed by atoms with Gasteiger partial charge in [0.15, 0.2) is 18.1 Å². The van der Waals surface area contributed by atoms with Gasteiger partial charge in [-0.25, -0.2) is 4.79 Å². The van der Waals surface area contributed by atoms with Crippen LogP contribution in [0.1, 0.15) is 11.5 Å². The number of hydrogen-bond donors (Lipinski definition) is 0. The molecule has 0 fully saturated rings. The lowest BCUT2D eigenvalue weighted by Crippen LogP contribution is -1.98. The third-order valence-electron chi connectivity index (χ3n) is 3.70. The molecule has 0 saturated carbocycles. The number of rotatable bonds is 7. The van der Waals surface area contributed by atoms with Gasteiger partial charge in [-0.05, 0) is 35.9 Å². The second-order valence-electron chi connectivity index (χ2n) is 5.58. The third kappa shape index (κ3) is 4.98. The van der Waals surface area contributed by atoms with E-state index in [1.54, 1.807) is 24.3 Å². The maximum atomic E-state index is 11.2. The van der Waals surface area contributed by atoms with E-state index >= 15 is 0 Å². The summed E-state index contributed by atoms with van der Waals surface area (Å²) in [5.74, 6) is 1.41. The van der Waals surface area contributed by atoms with Crippen LogP contribution in [0.25, 0.3) is 17.5 Å². The summed E-state index contributed by atoms with van der Waals surface area (Å²) in [5.41, 5.74) is 1.60. The zero-order valence-corrected chi connectivity index (χ0v) is 16.8. The summed E-state index contributed by atoms with van der Waals surface area (Å²) in [6.45, 7) is 0.0920. The number of carbonyl (C=O) groups is 1. The fraction of sp³-hybridized carbons (Fsp3) is 0.150. The Hall–Kier alpha value is -3.13. The standard InChI is InChI=1S/C20H17BrN2O5/c1-25-17-10-13(7-9-19(24)26-2)6-8-16(17)27-12-18-22-20(23-28-18)14-4-3-5-15(21)11-14/h3-11H,12H2,1-2H3/b9-7+. The molecule has 7 nitrogen and oxygen atoms in total. The number of benzene rings is 2. The van der Waals surface area contributed by atoms with Crippen LogP contribution >= 0.6 is 15.9 Å². The molecular weight excluding hydrogens is 428 g/mol. The Bertz CT molecular complexity index is 1000. The van der Waals surface area contributed by atoms with Crippen LogP contribution < -0.4 is 9.47 Å². The monoisotopic (exact) mass is 444 g/mol. The molecular formula is C20H17BrN2O5. The van der Waals surface area contributed by atoms with Gasteiger partial charge in [-0.15, -0.1) is 0 Å². The minimum Gasteiger partial charge on any atom is -0.493 e. The van der Waals surface area contributed by atoms with Gasteiger partial charge in [0.1, 0.15) is 0 Å². The molecule has 3 rings (SSSR count). The highest BCUT2D eigenvalue weighted by atomic mass is 79.9. The minimum atomic E-state index is -0.433. The molecule has 144 valence electrons. The van der Waals surface area contributed by atoms with Gasteiger partial charge in [0, 0.05) is 16.1 Å². The predicted octanol–water partition coefficient (Wildman–Crippen LogP) is 4.27. The van der Waals surface area contributed by atoms with Crippen molar-refractivity contribution in [1.82, 2.24) is 10.1 Å². The molecule has 8 heteroatoms. The lowest BCUT2D eigenvalue weighted by Gasteiger charge is -2.09. The third-order valence-corrected chi connectivity index (χ3v) is 4.20. The van der Waals surface area contributed by atoms with Crippen LogP contribution in [0.15, 0.2) is 57.5 Å². The Balaban J connectivity index is 1.69.